The quantitative estimate of drug-likeness (QED) is 0.290. The Labute approximate surface area is 278 Å². The standard InChI is InChI=1S/C37H62O9/c1-21(2)34-26(7)31(43-12)20-37(44-13,46-34)28(9)33(39)27(8)35-29(41-10)16-14-15-22(3)17-24(5)32(38)25(6)18-23(4)19-30(42-11)36(40)45-35/h14-16,18-19,21,24-29,31-35,38-39H,17,20H2,1-13H3/b16-14+,22-15+,23-18+,30-19-/t24-,25+,26-,27-,28-,29-,31+,32-,33+,34+,35+,37+/m0/s1. The first-order valence-electron chi connectivity index (χ1n) is 16.7. The van der Waals surface area contributed by atoms with Crippen molar-refractivity contribution in [3.05, 3.63) is 47.3 Å². The molecule has 0 radical (unpaired) electrons. The largest absolute Gasteiger partial charge is 0.490 e. The van der Waals surface area contributed by atoms with Gasteiger partial charge in [0.05, 0.1) is 31.5 Å². The van der Waals surface area contributed by atoms with Gasteiger partial charge in [0, 0.05) is 51.4 Å². The number of rotatable bonds is 9. The van der Waals surface area contributed by atoms with Crippen molar-refractivity contribution in [1.29, 1.82) is 0 Å². The summed E-state index contributed by atoms with van der Waals surface area (Å²) < 4.78 is 36.2. The van der Waals surface area contributed by atoms with Crippen LogP contribution in [0.5, 0.6) is 0 Å². The lowest BCUT2D eigenvalue weighted by Gasteiger charge is -2.52. The van der Waals surface area contributed by atoms with E-state index in [1.54, 1.807) is 27.4 Å². The first kappa shape index (κ1) is 40.2. The third-order valence-corrected chi connectivity index (χ3v) is 10.1. The van der Waals surface area contributed by atoms with E-state index in [-0.39, 0.29) is 41.6 Å². The van der Waals surface area contributed by atoms with Crippen LogP contribution in [0.3, 0.4) is 0 Å². The lowest BCUT2D eigenvalue weighted by Crippen LogP contribution is -2.60. The van der Waals surface area contributed by atoms with Gasteiger partial charge in [-0.25, -0.2) is 4.79 Å². The van der Waals surface area contributed by atoms with Gasteiger partial charge in [-0.05, 0) is 38.2 Å². The number of ether oxygens (including phenoxy) is 6. The van der Waals surface area contributed by atoms with Crippen LogP contribution in [-0.2, 0) is 33.2 Å². The van der Waals surface area contributed by atoms with E-state index >= 15 is 0 Å². The summed E-state index contributed by atoms with van der Waals surface area (Å²) in [4.78, 5) is 13.6. The van der Waals surface area contributed by atoms with Crippen molar-refractivity contribution >= 4 is 5.97 Å². The van der Waals surface area contributed by atoms with E-state index in [1.165, 1.54) is 7.11 Å². The van der Waals surface area contributed by atoms with Crippen molar-refractivity contribution in [2.75, 3.05) is 28.4 Å². The van der Waals surface area contributed by atoms with E-state index in [2.05, 4.69) is 20.8 Å². The summed E-state index contributed by atoms with van der Waals surface area (Å²) in [6.07, 6.45) is 6.89. The number of aliphatic hydroxyl groups is 2. The van der Waals surface area contributed by atoms with Gasteiger partial charge in [-0.2, -0.15) is 0 Å². The van der Waals surface area contributed by atoms with Gasteiger partial charge in [-0.3, -0.25) is 0 Å². The summed E-state index contributed by atoms with van der Waals surface area (Å²) in [5.41, 5.74) is 1.85. The molecule has 0 spiro atoms. The van der Waals surface area contributed by atoms with Gasteiger partial charge in [0.25, 0.3) is 0 Å². The highest BCUT2D eigenvalue weighted by atomic mass is 16.7. The zero-order chi connectivity index (χ0) is 34.9. The molecular formula is C37H62O9. The van der Waals surface area contributed by atoms with Crippen molar-refractivity contribution in [2.45, 2.75) is 118 Å². The molecule has 0 aromatic rings. The number of aliphatic hydroxyl groups excluding tert-OH is 2. The van der Waals surface area contributed by atoms with Gasteiger partial charge in [-0.15, -0.1) is 0 Å². The molecule has 0 aromatic carbocycles. The van der Waals surface area contributed by atoms with Crippen LogP contribution in [0.15, 0.2) is 47.3 Å². The molecule has 1 saturated heterocycles. The lowest BCUT2D eigenvalue weighted by atomic mass is 9.76. The van der Waals surface area contributed by atoms with Crippen LogP contribution in [0, 0.1) is 35.5 Å². The van der Waals surface area contributed by atoms with Crippen molar-refractivity contribution in [3.63, 3.8) is 0 Å². The molecule has 2 rings (SSSR count). The fourth-order valence-corrected chi connectivity index (χ4v) is 7.12. The van der Waals surface area contributed by atoms with Crippen molar-refractivity contribution in [2.24, 2.45) is 35.5 Å². The van der Waals surface area contributed by atoms with Crippen LogP contribution >= 0.6 is 0 Å². The fraction of sp³-hybridized carbons (Fsp3) is 0.757. The number of hydrogen-bond acceptors (Lipinski definition) is 9. The third kappa shape index (κ3) is 9.77. The van der Waals surface area contributed by atoms with E-state index in [9.17, 15) is 15.0 Å². The van der Waals surface area contributed by atoms with Crippen molar-refractivity contribution in [3.8, 4) is 0 Å². The molecule has 0 saturated carbocycles. The fourth-order valence-electron chi connectivity index (χ4n) is 7.12. The first-order chi connectivity index (χ1) is 21.6. The molecule has 0 aliphatic carbocycles. The van der Waals surface area contributed by atoms with Gasteiger partial charge in [-0.1, -0.05) is 83.9 Å². The van der Waals surface area contributed by atoms with Crippen LogP contribution in [-0.4, -0.2) is 87.0 Å². The SMILES string of the molecule is CO/C1=C\C(C)=C\[C@@H](C)[C@@H](O)[C@@H](C)C/C(C)=C/C=C/[C@H](OC)[C@@H]([C@@H](C)[C@@H](O)[C@H](C)[C@@]2(OC)C[C@@H](OC)[C@H](C)[C@@H](C(C)C)O2)OC1=O. The smallest absolute Gasteiger partial charge is 0.373 e. The van der Waals surface area contributed by atoms with Crippen LogP contribution in [0.1, 0.15) is 75.2 Å². The molecule has 2 aliphatic rings. The number of carbonyl (C=O) groups excluding carboxylic acids is 1. The summed E-state index contributed by atoms with van der Waals surface area (Å²) in [7, 11) is 6.25. The maximum atomic E-state index is 13.6. The summed E-state index contributed by atoms with van der Waals surface area (Å²) in [6.45, 7) is 17.9. The summed E-state index contributed by atoms with van der Waals surface area (Å²) in [5.74, 6) is -2.76. The number of carbonyl (C=O) groups is 1. The summed E-state index contributed by atoms with van der Waals surface area (Å²) in [6, 6.07) is 0. The van der Waals surface area contributed by atoms with E-state index in [0.717, 1.165) is 11.1 Å². The van der Waals surface area contributed by atoms with E-state index in [1.807, 2.05) is 65.8 Å². The van der Waals surface area contributed by atoms with E-state index in [0.29, 0.717) is 12.8 Å². The Balaban J connectivity index is 2.57. The highest BCUT2D eigenvalue weighted by Gasteiger charge is 2.53. The molecule has 12 atom stereocenters. The second-order valence-corrected chi connectivity index (χ2v) is 13.9. The number of hydrogen-bond donors (Lipinski definition) is 2. The van der Waals surface area contributed by atoms with Gasteiger partial charge in [0.15, 0.2) is 5.79 Å². The lowest BCUT2D eigenvalue weighted by molar-refractivity contribution is -0.340. The zero-order valence-electron chi connectivity index (χ0n) is 30.5. The van der Waals surface area contributed by atoms with E-state index < -0.39 is 48.0 Å². The Bertz CT molecular complexity index is 1090. The molecule has 9 nitrogen and oxygen atoms in total. The average molecular weight is 651 g/mol. The molecule has 46 heavy (non-hydrogen) atoms. The predicted molar refractivity (Wildman–Crippen MR) is 180 cm³/mol. The molecule has 264 valence electrons. The second kappa shape index (κ2) is 17.9. The monoisotopic (exact) mass is 650 g/mol. The topological polar surface area (TPSA) is 113 Å². The molecular weight excluding hydrogens is 588 g/mol. The predicted octanol–water partition coefficient (Wildman–Crippen LogP) is 6.00. The Kier molecular flexibility index (Phi) is 15.7. The summed E-state index contributed by atoms with van der Waals surface area (Å²) in [5, 5.41) is 23.0. The molecule has 2 heterocycles. The maximum Gasteiger partial charge on any atom is 0.373 e. The van der Waals surface area contributed by atoms with Crippen molar-refractivity contribution in [1.82, 2.24) is 0 Å². The Morgan fingerprint density at radius 3 is 2.20 bits per heavy atom. The van der Waals surface area contributed by atoms with Crippen LogP contribution in [0.25, 0.3) is 0 Å². The minimum absolute atomic E-state index is 0.00516. The van der Waals surface area contributed by atoms with Gasteiger partial charge in [0.2, 0.25) is 5.76 Å². The highest BCUT2D eigenvalue weighted by molar-refractivity contribution is 5.87. The molecule has 2 aliphatic heterocycles. The van der Waals surface area contributed by atoms with Crippen LogP contribution in [0.2, 0.25) is 0 Å². The average Bonchev–Trinajstić information content (AvgIpc) is 3.02. The number of methoxy groups -OCH3 is 4. The van der Waals surface area contributed by atoms with E-state index in [4.69, 9.17) is 28.4 Å². The van der Waals surface area contributed by atoms with Crippen LogP contribution < -0.4 is 0 Å². The number of allylic oxidation sites excluding steroid dienone is 5. The minimum atomic E-state index is -1.13. The third-order valence-electron chi connectivity index (χ3n) is 10.1. The maximum absolute atomic E-state index is 13.6. The Morgan fingerprint density at radius 1 is 1.00 bits per heavy atom. The first-order valence-corrected chi connectivity index (χ1v) is 16.7. The van der Waals surface area contributed by atoms with Gasteiger partial charge < -0.3 is 38.6 Å². The van der Waals surface area contributed by atoms with Crippen LogP contribution in [0.4, 0.5) is 0 Å². The highest BCUT2D eigenvalue weighted by Crippen LogP contribution is 2.44. The Morgan fingerprint density at radius 2 is 1.65 bits per heavy atom. The number of cyclic esters (lactones) is 1. The molecule has 9 heteroatoms. The van der Waals surface area contributed by atoms with Crippen molar-refractivity contribution < 1.29 is 43.4 Å². The minimum Gasteiger partial charge on any atom is -0.490 e. The zero-order valence-corrected chi connectivity index (χ0v) is 30.5. The molecule has 0 aromatic heterocycles. The normalized spacial score (nSPS) is 39.9. The van der Waals surface area contributed by atoms with Gasteiger partial charge >= 0.3 is 5.97 Å². The molecule has 1 fully saturated rings. The second-order valence-electron chi connectivity index (χ2n) is 13.9. The Hall–Kier alpha value is -2.01. The molecule has 2 N–H and O–H groups in total. The molecule has 0 bridgehead atoms. The summed E-state index contributed by atoms with van der Waals surface area (Å²) >= 11 is 0. The molecule has 0 unspecified atom stereocenters. The molecule has 0 amide bonds. The number of esters is 1. The van der Waals surface area contributed by atoms with Gasteiger partial charge in [0.1, 0.15) is 12.2 Å².